The monoisotopic (exact) mass is 508 g/mol. The van der Waals surface area contributed by atoms with Gasteiger partial charge in [0.1, 0.15) is 6.54 Å². The molecule has 0 radical (unpaired) electrons. The Hall–Kier alpha value is -4.59. The van der Waals surface area contributed by atoms with E-state index in [9.17, 15) is 9.59 Å². The van der Waals surface area contributed by atoms with Crippen molar-refractivity contribution >= 4 is 17.8 Å². The highest BCUT2D eigenvalue weighted by Crippen LogP contribution is 2.34. The van der Waals surface area contributed by atoms with Crippen LogP contribution in [0.5, 0.6) is 11.5 Å². The van der Waals surface area contributed by atoms with Gasteiger partial charge in [0.15, 0.2) is 11.5 Å². The molecule has 2 amide bonds. The van der Waals surface area contributed by atoms with Crippen molar-refractivity contribution in [1.29, 1.82) is 0 Å². The summed E-state index contributed by atoms with van der Waals surface area (Å²) in [5.74, 6) is 1.46. The molecule has 1 N–H and O–H groups in total. The van der Waals surface area contributed by atoms with Crippen LogP contribution in [0, 0.1) is 12.8 Å². The van der Waals surface area contributed by atoms with Crippen molar-refractivity contribution in [3.05, 3.63) is 90.1 Å². The fourth-order valence-electron chi connectivity index (χ4n) is 4.57. The maximum absolute atomic E-state index is 13.4. The van der Waals surface area contributed by atoms with Gasteiger partial charge in [-0.15, -0.1) is 0 Å². The molecular formula is C30H28N4O4. The molecule has 6 rings (SSSR count). The van der Waals surface area contributed by atoms with Crippen molar-refractivity contribution in [2.45, 2.75) is 19.8 Å². The lowest BCUT2D eigenvalue weighted by atomic mass is 10.1. The van der Waals surface area contributed by atoms with Crippen molar-refractivity contribution in [2.24, 2.45) is 5.92 Å². The first-order valence-electron chi connectivity index (χ1n) is 12.7. The van der Waals surface area contributed by atoms with E-state index in [1.807, 2.05) is 72.3 Å². The second-order valence-corrected chi connectivity index (χ2v) is 9.77. The Kier molecular flexibility index (Phi) is 6.29. The minimum atomic E-state index is -0.307. The Balaban J connectivity index is 1.26. The number of carbonyl (C=O) groups is 2. The van der Waals surface area contributed by atoms with Gasteiger partial charge in [0.05, 0.1) is 5.69 Å². The molecule has 0 unspecified atom stereocenters. The maximum atomic E-state index is 13.4. The molecule has 3 aromatic carbocycles. The van der Waals surface area contributed by atoms with Gasteiger partial charge in [-0.3, -0.25) is 19.5 Å². The summed E-state index contributed by atoms with van der Waals surface area (Å²) in [7, 11) is 0. The summed E-state index contributed by atoms with van der Waals surface area (Å²) in [6.07, 6.45) is 4.04. The van der Waals surface area contributed by atoms with Crippen LogP contribution in [0.2, 0.25) is 0 Å². The quantitative estimate of drug-likeness (QED) is 0.359. The SMILES string of the molecule is Cc1cccc(-n2cc(-c3ccccc3)nc2NC(=O)CN(CC2CC2)C(=O)c2ccc3c(c2)OCO3)c1. The first kappa shape index (κ1) is 23.8. The molecule has 8 nitrogen and oxygen atoms in total. The number of rotatable bonds is 8. The number of amides is 2. The van der Waals surface area contributed by atoms with E-state index in [4.69, 9.17) is 14.5 Å². The Bertz CT molecular complexity index is 1490. The van der Waals surface area contributed by atoms with Crippen LogP contribution in [0.1, 0.15) is 28.8 Å². The minimum absolute atomic E-state index is 0.0783. The van der Waals surface area contributed by atoms with Gasteiger partial charge in [-0.2, -0.15) is 0 Å². The van der Waals surface area contributed by atoms with E-state index in [0.717, 1.165) is 35.3 Å². The Morgan fingerprint density at radius 1 is 1.00 bits per heavy atom. The van der Waals surface area contributed by atoms with Gasteiger partial charge < -0.3 is 14.4 Å². The molecule has 1 aliphatic carbocycles. The highest BCUT2D eigenvalue weighted by molar-refractivity contribution is 5.99. The van der Waals surface area contributed by atoms with Crippen LogP contribution in [-0.4, -0.2) is 46.1 Å². The zero-order valence-corrected chi connectivity index (χ0v) is 21.1. The normalized spacial score (nSPS) is 13.8. The molecular weight excluding hydrogens is 480 g/mol. The van der Waals surface area contributed by atoms with Crippen LogP contribution in [0.3, 0.4) is 0 Å². The molecule has 2 aliphatic rings. The molecule has 0 spiro atoms. The fraction of sp³-hybridized carbons (Fsp3) is 0.233. The van der Waals surface area contributed by atoms with E-state index in [-0.39, 0.29) is 25.2 Å². The average Bonchev–Trinajstić information content (AvgIpc) is 3.45. The summed E-state index contributed by atoms with van der Waals surface area (Å²) in [4.78, 5) is 33.1. The molecule has 8 heteroatoms. The largest absolute Gasteiger partial charge is 0.454 e. The molecule has 0 atom stereocenters. The number of imidazole rings is 1. The summed E-state index contributed by atoms with van der Waals surface area (Å²) >= 11 is 0. The third-order valence-corrected chi connectivity index (χ3v) is 6.72. The van der Waals surface area contributed by atoms with Gasteiger partial charge in [0.2, 0.25) is 18.6 Å². The van der Waals surface area contributed by atoms with Crippen molar-refractivity contribution in [1.82, 2.24) is 14.5 Å². The van der Waals surface area contributed by atoms with E-state index in [0.29, 0.717) is 35.5 Å². The van der Waals surface area contributed by atoms with E-state index in [1.54, 1.807) is 23.1 Å². The number of aryl methyl sites for hydroxylation is 1. The van der Waals surface area contributed by atoms with Crippen molar-refractivity contribution in [3.8, 4) is 28.4 Å². The predicted octanol–water partition coefficient (Wildman–Crippen LogP) is 5.07. The molecule has 1 aliphatic heterocycles. The van der Waals surface area contributed by atoms with E-state index in [2.05, 4.69) is 5.32 Å². The molecule has 192 valence electrons. The number of ether oxygens (including phenoxy) is 2. The van der Waals surface area contributed by atoms with Crippen LogP contribution < -0.4 is 14.8 Å². The Labute approximate surface area is 220 Å². The van der Waals surface area contributed by atoms with Gasteiger partial charge in [-0.1, -0.05) is 42.5 Å². The van der Waals surface area contributed by atoms with Gasteiger partial charge >= 0.3 is 0 Å². The number of fused-ring (bicyclic) bond motifs is 1. The van der Waals surface area contributed by atoms with E-state index >= 15 is 0 Å². The second-order valence-electron chi connectivity index (χ2n) is 9.77. The summed E-state index contributed by atoms with van der Waals surface area (Å²) < 4.78 is 12.7. The van der Waals surface area contributed by atoms with Gasteiger partial charge in [0.25, 0.3) is 5.91 Å². The first-order chi connectivity index (χ1) is 18.5. The van der Waals surface area contributed by atoms with Crippen molar-refractivity contribution < 1.29 is 19.1 Å². The third kappa shape index (κ3) is 5.11. The number of anilines is 1. The summed E-state index contributed by atoms with van der Waals surface area (Å²) in [6, 6.07) is 23.0. The number of hydrogen-bond donors (Lipinski definition) is 1. The molecule has 0 saturated heterocycles. The standard InChI is InChI=1S/C30H28N4O4/c1-20-6-5-9-24(14-20)34-17-25(22-7-3-2-4-8-22)31-30(34)32-28(35)18-33(16-21-10-11-21)29(36)23-12-13-26-27(15-23)38-19-37-26/h2-9,12-15,17,21H,10-11,16,18-19H2,1H3,(H,31,32,35). The van der Waals surface area contributed by atoms with Gasteiger partial charge in [-0.05, 0) is 61.6 Å². The molecule has 4 aromatic rings. The third-order valence-electron chi connectivity index (χ3n) is 6.72. The lowest BCUT2D eigenvalue weighted by molar-refractivity contribution is -0.117. The Morgan fingerprint density at radius 2 is 1.82 bits per heavy atom. The summed E-state index contributed by atoms with van der Waals surface area (Å²) in [5.41, 5.74) is 4.15. The van der Waals surface area contributed by atoms with Crippen molar-refractivity contribution in [3.63, 3.8) is 0 Å². The highest BCUT2D eigenvalue weighted by atomic mass is 16.7. The number of carbonyl (C=O) groups excluding carboxylic acids is 2. The Morgan fingerprint density at radius 3 is 2.61 bits per heavy atom. The van der Waals surface area contributed by atoms with E-state index in [1.165, 1.54) is 0 Å². The molecule has 1 aromatic heterocycles. The summed E-state index contributed by atoms with van der Waals surface area (Å²) in [5, 5.41) is 2.97. The number of nitrogens with zero attached hydrogens (tertiary/aromatic N) is 3. The van der Waals surface area contributed by atoms with Gasteiger partial charge in [0, 0.05) is 29.6 Å². The predicted molar refractivity (Wildman–Crippen MR) is 144 cm³/mol. The lowest BCUT2D eigenvalue weighted by Gasteiger charge is -2.22. The first-order valence-corrected chi connectivity index (χ1v) is 12.7. The number of aromatic nitrogens is 2. The van der Waals surface area contributed by atoms with Crippen LogP contribution in [0.25, 0.3) is 16.9 Å². The zero-order valence-electron chi connectivity index (χ0n) is 21.1. The minimum Gasteiger partial charge on any atom is -0.454 e. The molecule has 38 heavy (non-hydrogen) atoms. The molecule has 2 heterocycles. The number of hydrogen-bond acceptors (Lipinski definition) is 5. The fourth-order valence-corrected chi connectivity index (χ4v) is 4.57. The number of nitrogens with one attached hydrogen (secondary N) is 1. The molecule has 1 saturated carbocycles. The van der Waals surface area contributed by atoms with Crippen LogP contribution >= 0.6 is 0 Å². The highest BCUT2D eigenvalue weighted by Gasteiger charge is 2.30. The zero-order chi connectivity index (χ0) is 26.1. The summed E-state index contributed by atoms with van der Waals surface area (Å²) in [6.45, 7) is 2.61. The van der Waals surface area contributed by atoms with Crippen LogP contribution in [0.15, 0.2) is 79.0 Å². The van der Waals surface area contributed by atoms with Gasteiger partial charge in [-0.25, -0.2) is 4.98 Å². The lowest BCUT2D eigenvalue weighted by Crippen LogP contribution is -2.39. The second kappa shape index (κ2) is 10.0. The molecule has 1 fully saturated rings. The molecule has 0 bridgehead atoms. The van der Waals surface area contributed by atoms with E-state index < -0.39 is 0 Å². The average molecular weight is 509 g/mol. The van der Waals surface area contributed by atoms with Crippen LogP contribution in [-0.2, 0) is 4.79 Å². The number of benzene rings is 3. The topological polar surface area (TPSA) is 85.7 Å². The smallest absolute Gasteiger partial charge is 0.254 e. The maximum Gasteiger partial charge on any atom is 0.254 e. The van der Waals surface area contributed by atoms with Crippen LogP contribution in [0.4, 0.5) is 5.95 Å². The van der Waals surface area contributed by atoms with Crippen molar-refractivity contribution in [2.75, 3.05) is 25.2 Å².